The summed E-state index contributed by atoms with van der Waals surface area (Å²) in [5.74, 6) is -0.865. The van der Waals surface area contributed by atoms with Crippen LogP contribution in [0.25, 0.3) is 0 Å². The molecular weight excluding hydrogens is 281 g/mol. The number of sulfonamides is 1. The van der Waals surface area contributed by atoms with Crippen molar-refractivity contribution >= 4 is 10.0 Å². The lowest BCUT2D eigenvalue weighted by Gasteiger charge is -2.14. The zero-order chi connectivity index (χ0) is 14.9. The van der Waals surface area contributed by atoms with Gasteiger partial charge in [0.05, 0.1) is 5.69 Å². The van der Waals surface area contributed by atoms with Crippen molar-refractivity contribution in [3.05, 3.63) is 47.5 Å². The van der Waals surface area contributed by atoms with Gasteiger partial charge in [-0.1, -0.05) is 30.3 Å². The van der Waals surface area contributed by atoms with E-state index in [-0.39, 0.29) is 5.69 Å². The molecule has 0 saturated carbocycles. The van der Waals surface area contributed by atoms with Gasteiger partial charge in [0, 0.05) is 13.1 Å². The molecule has 2 aromatic rings. The standard InChI is InChI=1S/C13H16FN3O2S/c1-9(11-7-5-4-6-8-11)16-20(18,19)12-10(2)15-17(3)13(12)14/h4-9,16H,1-3H3. The Balaban J connectivity index is 2.33. The lowest BCUT2D eigenvalue weighted by molar-refractivity contribution is 0.480. The number of halogens is 1. The Labute approximate surface area is 117 Å². The van der Waals surface area contributed by atoms with Crippen LogP contribution in [0.4, 0.5) is 4.39 Å². The molecule has 0 aliphatic carbocycles. The Hall–Kier alpha value is -1.73. The summed E-state index contributed by atoms with van der Waals surface area (Å²) in [4.78, 5) is -0.400. The average molecular weight is 297 g/mol. The largest absolute Gasteiger partial charge is 0.247 e. The molecule has 0 saturated heterocycles. The third kappa shape index (κ3) is 2.73. The Kier molecular flexibility index (Phi) is 3.92. The maximum atomic E-state index is 13.9. The number of hydrogen-bond donors (Lipinski definition) is 1. The topological polar surface area (TPSA) is 64.0 Å². The quantitative estimate of drug-likeness (QED) is 0.937. The minimum absolute atomic E-state index is 0.137. The number of aryl methyl sites for hydroxylation is 2. The van der Waals surface area contributed by atoms with Gasteiger partial charge in [0.1, 0.15) is 0 Å². The average Bonchev–Trinajstić information content (AvgIpc) is 2.64. The number of aromatic nitrogens is 2. The molecule has 1 atom stereocenters. The first kappa shape index (κ1) is 14.7. The molecule has 0 radical (unpaired) electrons. The summed E-state index contributed by atoms with van der Waals surface area (Å²) >= 11 is 0. The number of nitrogens with one attached hydrogen (secondary N) is 1. The number of benzene rings is 1. The van der Waals surface area contributed by atoms with Gasteiger partial charge >= 0.3 is 0 Å². The van der Waals surface area contributed by atoms with Crippen LogP contribution in [0.2, 0.25) is 0 Å². The van der Waals surface area contributed by atoms with E-state index in [4.69, 9.17) is 0 Å². The van der Waals surface area contributed by atoms with Gasteiger partial charge in [-0.3, -0.25) is 0 Å². The predicted octanol–water partition coefficient (Wildman–Crippen LogP) is 1.91. The second kappa shape index (κ2) is 5.34. The maximum absolute atomic E-state index is 13.9. The van der Waals surface area contributed by atoms with Crippen molar-refractivity contribution in [1.82, 2.24) is 14.5 Å². The molecule has 1 aromatic carbocycles. The minimum Gasteiger partial charge on any atom is -0.241 e. The molecule has 20 heavy (non-hydrogen) atoms. The third-order valence-corrected chi connectivity index (χ3v) is 4.67. The predicted molar refractivity (Wildman–Crippen MR) is 73.1 cm³/mol. The number of hydrogen-bond acceptors (Lipinski definition) is 3. The highest BCUT2D eigenvalue weighted by molar-refractivity contribution is 7.89. The molecule has 1 heterocycles. The van der Waals surface area contributed by atoms with E-state index in [9.17, 15) is 12.8 Å². The van der Waals surface area contributed by atoms with Crippen LogP contribution in [0.15, 0.2) is 35.2 Å². The van der Waals surface area contributed by atoms with Crippen molar-refractivity contribution in [1.29, 1.82) is 0 Å². The van der Waals surface area contributed by atoms with Crippen LogP contribution >= 0.6 is 0 Å². The van der Waals surface area contributed by atoms with Gasteiger partial charge in [0.2, 0.25) is 16.0 Å². The van der Waals surface area contributed by atoms with Gasteiger partial charge in [-0.15, -0.1) is 0 Å². The lowest BCUT2D eigenvalue weighted by atomic mass is 10.1. The van der Waals surface area contributed by atoms with Crippen LogP contribution < -0.4 is 4.72 Å². The summed E-state index contributed by atoms with van der Waals surface area (Å²) < 4.78 is 41.8. The molecule has 0 bridgehead atoms. The molecule has 1 unspecified atom stereocenters. The summed E-state index contributed by atoms with van der Waals surface area (Å²) in [6, 6.07) is 8.63. The SMILES string of the molecule is Cc1nn(C)c(F)c1S(=O)(=O)NC(C)c1ccccc1. The normalized spacial score (nSPS) is 13.4. The highest BCUT2D eigenvalue weighted by Gasteiger charge is 2.28. The van der Waals surface area contributed by atoms with Gasteiger partial charge < -0.3 is 0 Å². The van der Waals surface area contributed by atoms with Crippen LogP contribution in [0.1, 0.15) is 24.2 Å². The van der Waals surface area contributed by atoms with Gasteiger partial charge in [-0.25, -0.2) is 17.8 Å². The van der Waals surface area contributed by atoms with Crippen LogP contribution in [-0.4, -0.2) is 18.2 Å². The first-order valence-electron chi connectivity index (χ1n) is 6.09. The summed E-state index contributed by atoms with van der Waals surface area (Å²) in [6.45, 7) is 3.17. The second-order valence-corrected chi connectivity index (χ2v) is 6.23. The Morgan fingerprint density at radius 2 is 1.90 bits per heavy atom. The monoisotopic (exact) mass is 297 g/mol. The highest BCUT2D eigenvalue weighted by Crippen LogP contribution is 2.21. The van der Waals surface area contributed by atoms with Crippen molar-refractivity contribution in [2.24, 2.45) is 7.05 Å². The van der Waals surface area contributed by atoms with Crippen molar-refractivity contribution in [2.45, 2.75) is 24.8 Å². The van der Waals surface area contributed by atoms with E-state index in [1.54, 1.807) is 19.1 Å². The molecule has 0 amide bonds. The molecule has 0 fully saturated rings. The maximum Gasteiger partial charge on any atom is 0.247 e. The van der Waals surface area contributed by atoms with E-state index < -0.39 is 26.9 Å². The van der Waals surface area contributed by atoms with E-state index in [0.29, 0.717) is 0 Å². The van der Waals surface area contributed by atoms with Gasteiger partial charge in [0.25, 0.3) is 0 Å². The van der Waals surface area contributed by atoms with Gasteiger partial charge in [-0.2, -0.15) is 9.49 Å². The Morgan fingerprint density at radius 1 is 1.30 bits per heavy atom. The minimum atomic E-state index is -3.96. The Morgan fingerprint density at radius 3 is 2.40 bits per heavy atom. The third-order valence-electron chi connectivity index (χ3n) is 3.00. The molecule has 1 aromatic heterocycles. The van der Waals surface area contributed by atoms with E-state index in [1.807, 2.05) is 18.2 Å². The highest BCUT2D eigenvalue weighted by atomic mass is 32.2. The lowest BCUT2D eigenvalue weighted by Crippen LogP contribution is -2.28. The number of rotatable bonds is 4. The van der Waals surface area contributed by atoms with Gasteiger partial charge in [-0.05, 0) is 19.4 Å². The molecular formula is C13H16FN3O2S. The first-order valence-corrected chi connectivity index (χ1v) is 7.57. The van der Waals surface area contributed by atoms with E-state index >= 15 is 0 Å². The molecule has 108 valence electrons. The number of nitrogens with zero attached hydrogens (tertiary/aromatic N) is 2. The zero-order valence-corrected chi connectivity index (χ0v) is 12.3. The fourth-order valence-electron chi connectivity index (χ4n) is 2.02. The van der Waals surface area contributed by atoms with E-state index in [0.717, 1.165) is 10.2 Å². The van der Waals surface area contributed by atoms with Gasteiger partial charge in [0.15, 0.2) is 4.90 Å². The Bertz CT molecular complexity index is 711. The van der Waals surface area contributed by atoms with Crippen LogP contribution in [-0.2, 0) is 17.1 Å². The van der Waals surface area contributed by atoms with E-state index in [1.165, 1.54) is 14.0 Å². The molecule has 2 rings (SSSR count). The van der Waals surface area contributed by atoms with Crippen LogP contribution in [0, 0.1) is 12.9 Å². The smallest absolute Gasteiger partial charge is 0.241 e. The fraction of sp³-hybridized carbons (Fsp3) is 0.308. The molecule has 5 nitrogen and oxygen atoms in total. The van der Waals surface area contributed by atoms with E-state index in [2.05, 4.69) is 9.82 Å². The van der Waals surface area contributed by atoms with Crippen molar-refractivity contribution < 1.29 is 12.8 Å². The summed E-state index contributed by atoms with van der Waals surface area (Å²) in [7, 11) is -2.59. The van der Waals surface area contributed by atoms with Crippen LogP contribution in [0.5, 0.6) is 0 Å². The van der Waals surface area contributed by atoms with Crippen LogP contribution in [0.3, 0.4) is 0 Å². The zero-order valence-electron chi connectivity index (χ0n) is 11.5. The summed E-state index contributed by atoms with van der Waals surface area (Å²) in [5.41, 5.74) is 0.941. The molecule has 7 heteroatoms. The summed E-state index contributed by atoms with van der Waals surface area (Å²) in [5, 5.41) is 3.78. The molecule has 1 N–H and O–H groups in total. The van der Waals surface area contributed by atoms with Crippen molar-refractivity contribution in [3.63, 3.8) is 0 Å². The summed E-state index contributed by atoms with van der Waals surface area (Å²) in [6.07, 6.45) is 0. The first-order chi connectivity index (χ1) is 9.33. The fourth-order valence-corrected chi connectivity index (χ4v) is 3.52. The molecule has 0 spiro atoms. The molecule has 0 aliphatic rings. The van der Waals surface area contributed by atoms with Crippen molar-refractivity contribution in [3.8, 4) is 0 Å². The van der Waals surface area contributed by atoms with Crippen molar-refractivity contribution in [2.75, 3.05) is 0 Å². The molecule has 0 aliphatic heterocycles. The second-order valence-electron chi connectivity index (χ2n) is 4.58.